The number of aliphatic imine (C=N–C) groups is 1. The number of hydrogen-bond acceptors (Lipinski definition) is 8. The van der Waals surface area contributed by atoms with Gasteiger partial charge in [-0.05, 0) is 63.8 Å². The molecule has 10 nitrogen and oxygen atoms in total. The van der Waals surface area contributed by atoms with Crippen LogP contribution in [0.4, 0.5) is 5.69 Å². The van der Waals surface area contributed by atoms with Crippen LogP contribution in [0.2, 0.25) is 5.02 Å². The zero-order valence-corrected chi connectivity index (χ0v) is 22.4. The first-order chi connectivity index (χ1) is 17.0. The molecular formula is C24H34ClN7O3S. The number of piperidine rings is 1. The molecule has 0 radical (unpaired) electrons. The van der Waals surface area contributed by atoms with E-state index in [1.54, 1.807) is 16.0 Å². The Morgan fingerprint density at radius 3 is 2.83 bits per heavy atom. The number of amidine groups is 1. The van der Waals surface area contributed by atoms with Gasteiger partial charge >= 0.3 is 0 Å². The molecule has 1 aromatic rings. The Labute approximate surface area is 218 Å². The maximum Gasteiger partial charge on any atom is 0.256 e. The van der Waals surface area contributed by atoms with Crippen molar-refractivity contribution in [2.45, 2.75) is 51.6 Å². The second kappa shape index (κ2) is 11.9. The van der Waals surface area contributed by atoms with Crippen LogP contribution in [0.25, 0.3) is 0 Å². The van der Waals surface area contributed by atoms with E-state index in [0.717, 1.165) is 31.1 Å². The van der Waals surface area contributed by atoms with Gasteiger partial charge in [0.2, 0.25) is 10.0 Å². The number of anilines is 1. The standard InChI is InChI=1S/C24H34ClN7O3S/c1-16-15-32(27-3)22(29-23(16)28-17(2)14-26)11-9-19-7-5-6-12-31(19)24(33)20-13-18(25)8-10-21(20)30-36(4,34)35/h8,10-11,13,15,17,19,30H,3,5-7,9,12,14,26H2,1-2,4H3,(H,28,29)/b22-11-/t17?,19-/m0/s1. The zero-order chi connectivity index (χ0) is 26.5. The van der Waals surface area contributed by atoms with Crippen molar-refractivity contribution in [1.29, 1.82) is 0 Å². The number of amides is 1. The van der Waals surface area contributed by atoms with Crippen LogP contribution < -0.4 is 15.8 Å². The quantitative estimate of drug-likeness (QED) is 0.438. The van der Waals surface area contributed by atoms with Crippen LogP contribution >= 0.6 is 11.6 Å². The molecule has 12 heteroatoms. The fourth-order valence-corrected chi connectivity index (χ4v) is 4.90. The predicted octanol–water partition coefficient (Wildman–Crippen LogP) is 3.11. The summed E-state index contributed by atoms with van der Waals surface area (Å²) >= 11 is 6.16. The average molecular weight is 536 g/mol. The topological polar surface area (TPSA) is 132 Å². The fourth-order valence-electron chi connectivity index (χ4n) is 4.15. The Bertz CT molecular complexity index is 1200. The van der Waals surface area contributed by atoms with E-state index in [-0.39, 0.29) is 29.2 Å². The lowest BCUT2D eigenvalue weighted by molar-refractivity contribution is 0.0617. The van der Waals surface area contributed by atoms with Gasteiger partial charge in [-0.2, -0.15) is 5.10 Å². The minimum absolute atomic E-state index is 0.0514. The first-order valence-corrected chi connectivity index (χ1v) is 14.1. The average Bonchev–Trinajstić information content (AvgIpc) is 2.84. The SMILES string of the molecule is C=NN1C=C(C)C(NC(C)CN)=N/C1=C/C[C@@H]1CCCCN1C(=O)c1cc(Cl)ccc1NS(C)(=O)=O. The number of halogens is 1. The van der Waals surface area contributed by atoms with Crippen molar-refractivity contribution in [1.82, 2.24) is 15.2 Å². The van der Waals surface area contributed by atoms with Gasteiger partial charge in [-0.25, -0.2) is 18.4 Å². The number of carbonyl (C=O) groups is 1. The van der Waals surface area contributed by atoms with Crippen LogP contribution in [0.15, 0.2) is 52.0 Å². The summed E-state index contributed by atoms with van der Waals surface area (Å²) < 4.78 is 26.1. The third kappa shape index (κ3) is 7.08. The van der Waals surface area contributed by atoms with Gasteiger partial charge in [0.1, 0.15) is 5.84 Å². The summed E-state index contributed by atoms with van der Waals surface area (Å²) in [6, 6.07) is 4.51. The number of likely N-dealkylation sites (tertiary alicyclic amines) is 1. The summed E-state index contributed by atoms with van der Waals surface area (Å²) in [5.74, 6) is 1.04. The molecule has 36 heavy (non-hydrogen) atoms. The molecule has 1 aromatic carbocycles. The summed E-state index contributed by atoms with van der Waals surface area (Å²) in [6.07, 6.45) is 8.02. The van der Waals surface area contributed by atoms with E-state index in [0.29, 0.717) is 36.2 Å². The number of nitrogens with two attached hydrogens (primary N) is 1. The van der Waals surface area contributed by atoms with E-state index in [4.69, 9.17) is 22.3 Å². The molecule has 2 heterocycles. The van der Waals surface area contributed by atoms with Crippen molar-refractivity contribution >= 4 is 45.8 Å². The van der Waals surface area contributed by atoms with Crippen molar-refractivity contribution < 1.29 is 13.2 Å². The molecule has 3 rings (SSSR count). The van der Waals surface area contributed by atoms with Gasteiger partial charge < -0.3 is 16.0 Å². The van der Waals surface area contributed by atoms with E-state index in [9.17, 15) is 13.2 Å². The van der Waals surface area contributed by atoms with Gasteiger partial charge in [0.15, 0.2) is 5.82 Å². The number of hydrazone groups is 1. The maximum atomic E-state index is 13.6. The van der Waals surface area contributed by atoms with Crippen LogP contribution in [0.3, 0.4) is 0 Å². The summed E-state index contributed by atoms with van der Waals surface area (Å²) in [7, 11) is -3.57. The van der Waals surface area contributed by atoms with E-state index >= 15 is 0 Å². The number of sulfonamides is 1. The smallest absolute Gasteiger partial charge is 0.256 e. The van der Waals surface area contributed by atoms with E-state index < -0.39 is 10.0 Å². The number of carbonyl (C=O) groups excluding carboxylic acids is 1. The lowest BCUT2D eigenvalue weighted by atomic mass is 9.97. The van der Waals surface area contributed by atoms with Crippen molar-refractivity contribution in [2.24, 2.45) is 15.8 Å². The predicted molar refractivity (Wildman–Crippen MR) is 146 cm³/mol. The summed E-state index contributed by atoms with van der Waals surface area (Å²) in [6.45, 7) is 8.58. The van der Waals surface area contributed by atoms with E-state index in [1.165, 1.54) is 12.1 Å². The second-order valence-corrected chi connectivity index (χ2v) is 11.2. The molecule has 196 valence electrons. The zero-order valence-electron chi connectivity index (χ0n) is 20.9. The van der Waals surface area contributed by atoms with Crippen LogP contribution in [0.5, 0.6) is 0 Å². The third-order valence-electron chi connectivity index (χ3n) is 6.01. The van der Waals surface area contributed by atoms with Crippen LogP contribution in [0, 0.1) is 0 Å². The molecule has 1 amide bonds. The molecule has 1 fully saturated rings. The van der Waals surface area contributed by atoms with Gasteiger partial charge in [-0.15, -0.1) is 0 Å². The molecule has 0 bridgehead atoms. The lowest BCUT2D eigenvalue weighted by Crippen LogP contribution is -2.44. The lowest BCUT2D eigenvalue weighted by Gasteiger charge is -2.36. The van der Waals surface area contributed by atoms with Crippen LogP contribution in [-0.2, 0) is 10.0 Å². The number of hydrogen-bond donors (Lipinski definition) is 3. The highest BCUT2D eigenvalue weighted by Crippen LogP contribution is 2.29. The molecule has 2 atom stereocenters. The minimum atomic E-state index is -3.57. The highest BCUT2D eigenvalue weighted by Gasteiger charge is 2.29. The highest BCUT2D eigenvalue weighted by atomic mass is 35.5. The van der Waals surface area contributed by atoms with Crippen molar-refractivity contribution in [3.63, 3.8) is 0 Å². The third-order valence-corrected chi connectivity index (χ3v) is 6.83. The monoisotopic (exact) mass is 535 g/mol. The molecule has 0 aromatic heterocycles. The molecule has 0 spiro atoms. The first kappa shape index (κ1) is 27.7. The molecule has 4 N–H and O–H groups in total. The first-order valence-electron chi connectivity index (χ1n) is 11.8. The van der Waals surface area contributed by atoms with Gasteiger partial charge in [-0.3, -0.25) is 9.52 Å². The van der Waals surface area contributed by atoms with Crippen LogP contribution in [-0.4, -0.2) is 68.2 Å². The minimum Gasteiger partial charge on any atom is -0.366 e. The van der Waals surface area contributed by atoms with Gasteiger partial charge in [0.25, 0.3) is 5.91 Å². The largest absolute Gasteiger partial charge is 0.366 e. The maximum absolute atomic E-state index is 13.6. The molecule has 0 saturated carbocycles. The Kier molecular flexibility index (Phi) is 9.15. The molecule has 2 aliphatic heterocycles. The highest BCUT2D eigenvalue weighted by molar-refractivity contribution is 7.92. The second-order valence-electron chi connectivity index (χ2n) is 9.05. The van der Waals surface area contributed by atoms with Gasteiger partial charge in [-0.1, -0.05) is 11.6 Å². The van der Waals surface area contributed by atoms with E-state index in [2.05, 4.69) is 21.9 Å². The molecule has 1 saturated heterocycles. The number of nitrogens with one attached hydrogen (secondary N) is 2. The summed E-state index contributed by atoms with van der Waals surface area (Å²) in [5.41, 5.74) is 7.08. The number of nitrogens with zero attached hydrogens (tertiary/aromatic N) is 4. The fraction of sp³-hybridized carbons (Fsp3) is 0.458. The molecule has 1 unspecified atom stereocenters. The Balaban J connectivity index is 1.87. The van der Waals surface area contributed by atoms with Gasteiger partial charge in [0, 0.05) is 48.7 Å². The number of rotatable bonds is 8. The summed E-state index contributed by atoms with van der Waals surface area (Å²) in [4.78, 5) is 20.1. The normalized spacial score (nSPS) is 20.5. The van der Waals surface area contributed by atoms with Crippen LogP contribution in [0.1, 0.15) is 49.9 Å². The molecule has 2 aliphatic rings. The van der Waals surface area contributed by atoms with Crippen molar-refractivity contribution in [3.8, 4) is 0 Å². The van der Waals surface area contributed by atoms with Crippen molar-refractivity contribution in [3.05, 3.63) is 52.5 Å². The van der Waals surface area contributed by atoms with Crippen molar-refractivity contribution in [2.75, 3.05) is 24.1 Å². The Morgan fingerprint density at radius 1 is 1.42 bits per heavy atom. The molecule has 0 aliphatic carbocycles. The Hall–Kier alpha value is -2.89. The Morgan fingerprint density at radius 2 is 2.17 bits per heavy atom. The van der Waals surface area contributed by atoms with E-state index in [1.807, 2.05) is 26.1 Å². The van der Waals surface area contributed by atoms with Gasteiger partial charge in [0.05, 0.1) is 17.5 Å². The summed E-state index contributed by atoms with van der Waals surface area (Å²) in [5, 5.41) is 9.31. The number of benzene rings is 1. The molecular weight excluding hydrogens is 502 g/mol.